The van der Waals surface area contributed by atoms with Crippen LogP contribution >= 0.6 is 0 Å². The number of allylic oxidation sites excluding steroid dienone is 2. The van der Waals surface area contributed by atoms with Crippen LogP contribution in [0.15, 0.2) is 84.7 Å². The van der Waals surface area contributed by atoms with E-state index in [-0.39, 0.29) is 0 Å². The van der Waals surface area contributed by atoms with Gasteiger partial charge in [0, 0.05) is 0 Å². The van der Waals surface area contributed by atoms with Crippen molar-refractivity contribution in [2.75, 3.05) is 6.61 Å². The van der Waals surface area contributed by atoms with E-state index in [2.05, 4.69) is 0 Å². The Morgan fingerprint density at radius 3 is 2.15 bits per heavy atom. The van der Waals surface area contributed by atoms with Crippen LogP contribution in [0.2, 0.25) is 0 Å². The molecule has 0 radical (unpaired) electrons. The Balaban J connectivity index is 1.76. The Morgan fingerprint density at radius 1 is 0.900 bits per heavy atom. The van der Waals surface area contributed by atoms with Crippen molar-refractivity contribution in [3.63, 3.8) is 0 Å². The molecule has 2 rings (SSSR count). The molecular weight excluding hydrogens is 248 g/mol. The second-order valence-corrected chi connectivity index (χ2v) is 4.31. The van der Waals surface area contributed by atoms with E-state index in [9.17, 15) is 0 Å². The molecule has 0 saturated carbocycles. The Kier molecular flexibility index (Phi) is 5.47. The normalized spacial score (nSPS) is 11.6. The molecule has 0 unspecified atom stereocenters. The Morgan fingerprint density at radius 2 is 1.50 bits per heavy atom. The number of hydrogen-bond acceptors (Lipinski definition) is 2. The zero-order valence-electron chi connectivity index (χ0n) is 11.5. The molecule has 20 heavy (non-hydrogen) atoms. The zero-order valence-corrected chi connectivity index (χ0v) is 11.5. The fraction of sp³-hybridized carbons (Fsp3) is 0.111. The Labute approximate surface area is 120 Å². The van der Waals surface area contributed by atoms with Crippen LogP contribution in [0.4, 0.5) is 0 Å². The van der Waals surface area contributed by atoms with E-state index < -0.39 is 0 Å². The molecule has 0 spiro atoms. The SMILES string of the molecule is CC(C=COc1ccccc1)=CCOc1ccccc1. The third-order valence-electron chi connectivity index (χ3n) is 2.68. The molecule has 0 bridgehead atoms. The minimum atomic E-state index is 0.547. The van der Waals surface area contributed by atoms with Crippen molar-refractivity contribution in [2.45, 2.75) is 6.92 Å². The zero-order chi connectivity index (χ0) is 14.0. The number of ether oxygens (including phenoxy) is 2. The third-order valence-corrected chi connectivity index (χ3v) is 2.68. The first-order valence-corrected chi connectivity index (χ1v) is 6.57. The molecule has 2 heteroatoms. The van der Waals surface area contributed by atoms with Crippen molar-refractivity contribution < 1.29 is 9.47 Å². The number of para-hydroxylation sites is 2. The van der Waals surface area contributed by atoms with Crippen molar-refractivity contribution in [3.05, 3.63) is 84.7 Å². The van der Waals surface area contributed by atoms with Gasteiger partial charge in [-0.2, -0.15) is 0 Å². The number of rotatable bonds is 6. The maximum Gasteiger partial charge on any atom is 0.126 e. The van der Waals surface area contributed by atoms with E-state index >= 15 is 0 Å². The first-order chi connectivity index (χ1) is 9.84. The number of benzene rings is 2. The van der Waals surface area contributed by atoms with Gasteiger partial charge in [0.05, 0.1) is 6.26 Å². The van der Waals surface area contributed by atoms with Gasteiger partial charge >= 0.3 is 0 Å². The summed E-state index contributed by atoms with van der Waals surface area (Å²) in [7, 11) is 0. The molecule has 0 aliphatic heterocycles. The van der Waals surface area contributed by atoms with Crippen LogP contribution in [0.1, 0.15) is 6.92 Å². The van der Waals surface area contributed by atoms with Gasteiger partial charge in [-0.1, -0.05) is 36.4 Å². The van der Waals surface area contributed by atoms with E-state index in [0.717, 1.165) is 17.1 Å². The molecule has 0 atom stereocenters. The molecule has 0 amide bonds. The highest BCUT2D eigenvalue weighted by Gasteiger charge is 1.90. The van der Waals surface area contributed by atoms with Crippen LogP contribution in [-0.4, -0.2) is 6.61 Å². The lowest BCUT2D eigenvalue weighted by Crippen LogP contribution is -1.93. The van der Waals surface area contributed by atoms with Crippen LogP contribution < -0.4 is 9.47 Å². The molecule has 0 heterocycles. The molecule has 2 aromatic rings. The van der Waals surface area contributed by atoms with Gasteiger partial charge in [0.1, 0.15) is 18.1 Å². The molecule has 0 N–H and O–H groups in total. The van der Waals surface area contributed by atoms with Gasteiger partial charge in [-0.25, -0.2) is 0 Å². The monoisotopic (exact) mass is 266 g/mol. The summed E-state index contributed by atoms with van der Waals surface area (Å²) < 4.78 is 11.1. The summed E-state index contributed by atoms with van der Waals surface area (Å²) in [5.74, 6) is 1.71. The lowest BCUT2D eigenvalue weighted by atomic mass is 10.3. The first kappa shape index (κ1) is 13.9. The van der Waals surface area contributed by atoms with E-state index in [1.54, 1.807) is 6.26 Å². The highest BCUT2D eigenvalue weighted by Crippen LogP contribution is 2.10. The average Bonchev–Trinajstić information content (AvgIpc) is 2.49. The minimum absolute atomic E-state index is 0.547. The van der Waals surface area contributed by atoms with Crippen molar-refractivity contribution in [1.29, 1.82) is 0 Å². The molecule has 0 saturated heterocycles. The van der Waals surface area contributed by atoms with E-state index in [4.69, 9.17) is 9.47 Å². The first-order valence-electron chi connectivity index (χ1n) is 6.57. The van der Waals surface area contributed by atoms with Crippen LogP contribution in [0.5, 0.6) is 11.5 Å². The van der Waals surface area contributed by atoms with Crippen molar-refractivity contribution in [1.82, 2.24) is 0 Å². The molecule has 0 aliphatic carbocycles. The van der Waals surface area contributed by atoms with Gasteiger partial charge in [-0.15, -0.1) is 0 Å². The predicted molar refractivity (Wildman–Crippen MR) is 81.9 cm³/mol. The second kappa shape index (κ2) is 7.85. The molecule has 2 nitrogen and oxygen atoms in total. The van der Waals surface area contributed by atoms with Crippen LogP contribution in [0, 0.1) is 0 Å². The largest absolute Gasteiger partial charge is 0.490 e. The van der Waals surface area contributed by atoms with Crippen LogP contribution in [-0.2, 0) is 0 Å². The van der Waals surface area contributed by atoms with Crippen LogP contribution in [0.25, 0.3) is 0 Å². The quantitative estimate of drug-likeness (QED) is 0.561. The number of hydrogen-bond donors (Lipinski definition) is 0. The maximum absolute atomic E-state index is 5.59. The Hall–Kier alpha value is -2.48. The summed E-state index contributed by atoms with van der Waals surface area (Å²) in [4.78, 5) is 0. The Bertz CT molecular complexity index is 556. The fourth-order valence-electron chi connectivity index (χ4n) is 1.57. The highest BCUT2D eigenvalue weighted by molar-refractivity contribution is 5.24. The van der Waals surface area contributed by atoms with Gasteiger partial charge < -0.3 is 9.47 Å². The van der Waals surface area contributed by atoms with E-state index in [1.165, 1.54) is 0 Å². The average molecular weight is 266 g/mol. The topological polar surface area (TPSA) is 18.5 Å². The summed E-state index contributed by atoms with van der Waals surface area (Å²) in [6.07, 6.45) is 5.61. The smallest absolute Gasteiger partial charge is 0.126 e. The van der Waals surface area contributed by atoms with Gasteiger partial charge in [0.2, 0.25) is 0 Å². The molecule has 102 valence electrons. The summed E-state index contributed by atoms with van der Waals surface area (Å²) in [5, 5.41) is 0. The summed E-state index contributed by atoms with van der Waals surface area (Å²) in [5.41, 5.74) is 1.09. The molecule has 0 aromatic heterocycles. The highest BCUT2D eigenvalue weighted by atomic mass is 16.5. The maximum atomic E-state index is 5.59. The second-order valence-electron chi connectivity index (χ2n) is 4.31. The van der Waals surface area contributed by atoms with Crippen LogP contribution in [0.3, 0.4) is 0 Å². The standard InChI is InChI=1S/C18H18O2/c1-16(12-14-19-17-8-4-2-5-9-17)13-15-20-18-10-6-3-7-11-18/h2-14H,15H2,1H3. The fourth-order valence-corrected chi connectivity index (χ4v) is 1.57. The third kappa shape index (κ3) is 5.02. The molecule has 0 aliphatic rings. The summed E-state index contributed by atoms with van der Waals surface area (Å²) in [6, 6.07) is 19.5. The predicted octanol–water partition coefficient (Wildman–Crippen LogP) is 4.60. The van der Waals surface area contributed by atoms with Crippen molar-refractivity contribution >= 4 is 0 Å². The molecular formula is C18H18O2. The minimum Gasteiger partial charge on any atom is -0.490 e. The summed E-state index contributed by atoms with van der Waals surface area (Å²) >= 11 is 0. The molecule has 0 fully saturated rings. The lowest BCUT2D eigenvalue weighted by molar-refractivity contribution is 0.362. The van der Waals surface area contributed by atoms with Gasteiger partial charge in [-0.05, 0) is 48.9 Å². The van der Waals surface area contributed by atoms with Crippen molar-refractivity contribution in [3.8, 4) is 11.5 Å². The lowest BCUT2D eigenvalue weighted by Gasteiger charge is -2.02. The van der Waals surface area contributed by atoms with E-state index in [0.29, 0.717) is 6.61 Å². The summed E-state index contributed by atoms with van der Waals surface area (Å²) in [6.45, 7) is 2.56. The molecule has 2 aromatic carbocycles. The van der Waals surface area contributed by atoms with Gasteiger partial charge in [0.25, 0.3) is 0 Å². The van der Waals surface area contributed by atoms with Crippen molar-refractivity contribution in [2.24, 2.45) is 0 Å². The van der Waals surface area contributed by atoms with E-state index in [1.807, 2.05) is 79.7 Å². The van der Waals surface area contributed by atoms with Gasteiger partial charge in [0.15, 0.2) is 0 Å². The van der Waals surface area contributed by atoms with Gasteiger partial charge in [-0.3, -0.25) is 0 Å².